The minimum atomic E-state index is -0.803. The number of anilines is 1. The summed E-state index contributed by atoms with van der Waals surface area (Å²) in [7, 11) is 0. The highest BCUT2D eigenvalue weighted by Crippen LogP contribution is 2.14. The van der Waals surface area contributed by atoms with Gasteiger partial charge in [-0.3, -0.25) is 9.59 Å². The second-order valence-electron chi connectivity index (χ2n) is 5.07. The quantitative estimate of drug-likeness (QED) is 0.779. The number of carbonyl (C=O) groups excluding carboxylic acids is 1. The van der Waals surface area contributed by atoms with Gasteiger partial charge in [0.1, 0.15) is 0 Å². The predicted octanol–water partition coefficient (Wildman–Crippen LogP) is 3.73. The average Bonchev–Trinajstić information content (AvgIpc) is 3.00. The van der Waals surface area contributed by atoms with Crippen molar-refractivity contribution in [3.63, 3.8) is 0 Å². The Bertz CT molecular complexity index is 605. The summed E-state index contributed by atoms with van der Waals surface area (Å²) >= 11 is 1.71. The van der Waals surface area contributed by atoms with Gasteiger partial charge >= 0.3 is 5.97 Å². The van der Waals surface area contributed by atoms with E-state index in [1.54, 1.807) is 11.3 Å². The fourth-order valence-electron chi connectivity index (χ4n) is 2.11. The van der Waals surface area contributed by atoms with E-state index < -0.39 is 5.97 Å². The fraction of sp³-hybridized carbons (Fsp3) is 0.294. The van der Waals surface area contributed by atoms with Gasteiger partial charge in [0.15, 0.2) is 0 Å². The van der Waals surface area contributed by atoms with Crippen LogP contribution in [0, 0.1) is 0 Å². The maximum atomic E-state index is 11.9. The van der Waals surface area contributed by atoms with Crippen molar-refractivity contribution in [2.24, 2.45) is 0 Å². The van der Waals surface area contributed by atoms with E-state index in [1.807, 2.05) is 35.7 Å². The molecule has 0 radical (unpaired) electrons. The molecule has 0 bridgehead atoms. The first-order valence-corrected chi connectivity index (χ1v) is 8.14. The van der Waals surface area contributed by atoms with E-state index in [2.05, 4.69) is 11.4 Å². The monoisotopic (exact) mass is 317 g/mol. The Morgan fingerprint density at radius 3 is 2.45 bits per heavy atom. The van der Waals surface area contributed by atoms with Crippen molar-refractivity contribution in [3.8, 4) is 0 Å². The SMILES string of the molecule is O=C(O)CCc1ccc(NC(=O)CCCc2cccs2)cc1. The highest BCUT2D eigenvalue weighted by molar-refractivity contribution is 7.09. The van der Waals surface area contributed by atoms with Crippen LogP contribution >= 0.6 is 11.3 Å². The van der Waals surface area contributed by atoms with E-state index >= 15 is 0 Å². The van der Waals surface area contributed by atoms with Crippen molar-refractivity contribution in [2.45, 2.75) is 32.1 Å². The van der Waals surface area contributed by atoms with Crippen molar-refractivity contribution in [1.29, 1.82) is 0 Å². The molecule has 1 amide bonds. The van der Waals surface area contributed by atoms with Gasteiger partial charge in [0.2, 0.25) is 5.91 Å². The molecule has 2 aromatic rings. The Morgan fingerprint density at radius 2 is 1.82 bits per heavy atom. The van der Waals surface area contributed by atoms with Gasteiger partial charge in [0.25, 0.3) is 0 Å². The molecule has 1 aromatic heterocycles. The summed E-state index contributed by atoms with van der Waals surface area (Å²) in [5.41, 5.74) is 1.71. The predicted molar refractivity (Wildman–Crippen MR) is 88.3 cm³/mol. The number of aryl methyl sites for hydroxylation is 2. The van der Waals surface area contributed by atoms with Gasteiger partial charge in [-0.2, -0.15) is 0 Å². The normalized spacial score (nSPS) is 10.4. The first-order valence-electron chi connectivity index (χ1n) is 7.26. The molecule has 0 unspecified atom stereocenters. The summed E-state index contributed by atoms with van der Waals surface area (Å²) < 4.78 is 0. The van der Waals surface area contributed by atoms with E-state index in [9.17, 15) is 9.59 Å². The molecule has 0 spiro atoms. The highest BCUT2D eigenvalue weighted by atomic mass is 32.1. The van der Waals surface area contributed by atoms with Gasteiger partial charge in [-0.15, -0.1) is 11.3 Å². The van der Waals surface area contributed by atoms with E-state index in [0.29, 0.717) is 12.8 Å². The van der Waals surface area contributed by atoms with Crippen LogP contribution in [-0.2, 0) is 22.4 Å². The van der Waals surface area contributed by atoms with Crippen molar-refractivity contribution in [1.82, 2.24) is 0 Å². The number of benzene rings is 1. The number of carboxylic acid groups (broad SMARTS) is 1. The number of carbonyl (C=O) groups is 2. The zero-order chi connectivity index (χ0) is 15.8. The zero-order valence-corrected chi connectivity index (χ0v) is 13.1. The molecule has 0 aliphatic heterocycles. The lowest BCUT2D eigenvalue weighted by atomic mass is 10.1. The zero-order valence-electron chi connectivity index (χ0n) is 12.2. The van der Waals surface area contributed by atoms with Crippen molar-refractivity contribution in [3.05, 3.63) is 52.2 Å². The topological polar surface area (TPSA) is 66.4 Å². The first-order chi connectivity index (χ1) is 10.6. The van der Waals surface area contributed by atoms with Gasteiger partial charge in [-0.05, 0) is 48.4 Å². The lowest BCUT2D eigenvalue weighted by molar-refractivity contribution is -0.137. The van der Waals surface area contributed by atoms with Crippen LogP contribution in [0.1, 0.15) is 29.7 Å². The summed E-state index contributed by atoms with van der Waals surface area (Å²) in [6, 6.07) is 11.4. The second-order valence-corrected chi connectivity index (χ2v) is 6.10. The van der Waals surface area contributed by atoms with E-state index in [4.69, 9.17) is 5.11 Å². The molecule has 116 valence electrons. The highest BCUT2D eigenvalue weighted by Gasteiger charge is 2.04. The smallest absolute Gasteiger partial charge is 0.303 e. The number of rotatable bonds is 8. The Kier molecular flexibility index (Phi) is 6.15. The summed E-state index contributed by atoms with van der Waals surface area (Å²) in [5.74, 6) is -0.794. The summed E-state index contributed by atoms with van der Waals surface area (Å²) in [5, 5.41) is 13.5. The van der Waals surface area contributed by atoms with Gasteiger partial charge < -0.3 is 10.4 Å². The number of amides is 1. The molecule has 0 fully saturated rings. The number of carboxylic acids is 1. The molecule has 0 aliphatic rings. The number of aliphatic carboxylic acids is 1. The van der Waals surface area contributed by atoms with Crippen LogP contribution in [0.3, 0.4) is 0 Å². The third-order valence-corrected chi connectivity index (χ3v) is 4.21. The number of hydrogen-bond donors (Lipinski definition) is 2. The average molecular weight is 317 g/mol. The minimum Gasteiger partial charge on any atom is -0.481 e. The van der Waals surface area contributed by atoms with Gasteiger partial charge in [-0.1, -0.05) is 18.2 Å². The maximum Gasteiger partial charge on any atom is 0.303 e. The number of nitrogens with one attached hydrogen (secondary N) is 1. The Balaban J connectivity index is 1.72. The minimum absolute atomic E-state index is 0.00911. The van der Waals surface area contributed by atoms with E-state index in [-0.39, 0.29) is 12.3 Å². The molecular weight excluding hydrogens is 298 g/mol. The molecule has 0 saturated carbocycles. The molecule has 2 rings (SSSR count). The maximum absolute atomic E-state index is 11.9. The molecular formula is C17H19NO3S. The van der Waals surface area contributed by atoms with Crippen LogP contribution < -0.4 is 5.32 Å². The summed E-state index contributed by atoms with van der Waals surface area (Å²) in [6.07, 6.45) is 2.89. The van der Waals surface area contributed by atoms with Crippen LogP contribution in [0.25, 0.3) is 0 Å². The molecule has 5 heteroatoms. The van der Waals surface area contributed by atoms with Crippen molar-refractivity contribution < 1.29 is 14.7 Å². The summed E-state index contributed by atoms with van der Waals surface area (Å²) in [6.45, 7) is 0. The number of thiophene rings is 1. The van der Waals surface area contributed by atoms with Crippen LogP contribution in [0.2, 0.25) is 0 Å². The third kappa shape index (κ3) is 5.69. The molecule has 22 heavy (non-hydrogen) atoms. The van der Waals surface area contributed by atoms with Gasteiger partial charge in [0.05, 0.1) is 0 Å². The van der Waals surface area contributed by atoms with Crippen LogP contribution in [-0.4, -0.2) is 17.0 Å². The Morgan fingerprint density at radius 1 is 1.05 bits per heavy atom. The summed E-state index contributed by atoms with van der Waals surface area (Å²) in [4.78, 5) is 23.7. The fourth-order valence-corrected chi connectivity index (χ4v) is 2.86. The van der Waals surface area contributed by atoms with Crippen molar-refractivity contribution >= 4 is 28.9 Å². The molecule has 0 saturated heterocycles. The lowest BCUT2D eigenvalue weighted by Crippen LogP contribution is -2.11. The molecule has 1 heterocycles. The molecule has 2 N–H and O–H groups in total. The Labute approximate surface area is 133 Å². The van der Waals surface area contributed by atoms with Crippen molar-refractivity contribution in [2.75, 3.05) is 5.32 Å². The largest absolute Gasteiger partial charge is 0.481 e. The molecule has 0 atom stereocenters. The molecule has 1 aromatic carbocycles. The molecule has 0 aliphatic carbocycles. The van der Waals surface area contributed by atoms with Crippen LogP contribution in [0.15, 0.2) is 41.8 Å². The van der Waals surface area contributed by atoms with E-state index in [1.165, 1.54) is 4.88 Å². The second kappa shape index (κ2) is 8.34. The Hall–Kier alpha value is -2.14. The van der Waals surface area contributed by atoms with E-state index in [0.717, 1.165) is 24.1 Å². The van der Waals surface area contributed by atoms with Crippen LogP contribution in [0.5, 0.6) is 0 Å². The van der Waals surface area contributed by atoms with Gasteiger partial charge in [0, 0.05) is 23.4 Å². The lowest BCUT2D eigenvalue weighted by Gasteiger charge is -2.06. The third-order valence-electron chi connectivity index (χ3n) is 3.27. The first kappa shape index (κ1) is 16.2. The van der Waals surface area contributed by atoms with Crippen LogP contribution in [0.4, 0.5) is 5.69 Å². The standard InChI is InChI=1S/C17H19NO3S/c19-16(5-1-3-15-4-2-12-22-15)18-14-9-6-13(7-10-14)8-11-17(20)21/h2,4,6-7,9-10,12H,1,3,5,8,11H2,(H,18,19)(H,20,21). The van der Waals surface area contributed by atoms with Gasteiger partial charge in [-0.25, -0.2) is 0 Å². The number of hydrogen-bond acceptors (Lipinski definition) is 3. The molecule has 4 nitrogen and oxygen atoms in total.